The quantitative estimate of drug-likeness (QED) is 0.892. The molecule has 1 fully saturated rings. The topological polar surface area (TPSA) is 54.6 Å². The van der Waals surface area contributed by atoms with Crippen molar-refractivity contribution in [2.24, 2.45) is 0 Å². The maximum Gasteiger partial charge on any atom is 0.337 e. The first-order valence-corrected chi connectivity index (χ1v) is 5.95. The molecule has 2 aromatic rings. The van der Waals surface area contributed by atoms with E-state index in [0.29, 0.717) is 11.1 Å². The van der Waals surface area contributed by atoms with Gasteiger partial charge in [0.2, 0.25) is 0 Å². The summed E-state index contributed by atoms with van der Waals surface area (Å²) in [6, 6.07) is 3.26. The lowest BCUT2D eigenvalue weighted by molar-refractivity contribution is 0.0696. The molecule has 0 aliphatic heterocycles. The van der Waals surface area contributed by atoms with Crippen molar-refractivity contribution >= 4 is 23.1 Å². The van der Waals surface area contributed by atoms with Crippen molar-refractivity contribution in [2.75, 3.05) is 0 Å². The van der Waals surface area contributed by atoms with Gasteiger partial charge in [-0.25, -0.2) is 9.78 Å². The predicted octanol–water partition coefficient (Wildman–Crippen LogP) is 2.95. The van der Waals surface area contributed by atoms with E-state index >= 15 is 0 Å². The van der Waals surface area contributed by atoms with Crippen molar-refractivity contribution in [3.05, 3.63) is 34.9 Å². The molecule has 0 bridgehead atoms. The maximum absolute atomic E-state index is 10.9. The van der Waals surface area contributed by atoms with E-state index in [0.717, 1.165) is 24.2 Å². The molecule has 0 aromatic carbocycles. The van der Waals surface area contributed by atoms with E-state index in [1.165, 1.54) is 6.42 Å². The number of aromatic nitrogens is 2. The Kier molecular flexibility index (Phi) is 2.33. The highest BCUT2D eigenvalue weighted by Crippen LogP contribution is 2.37. The minimum Gasteiger partial charge on any atom is -0.478 e. The first-order chi connectivity index (χ1) is 8.16. The molecule has 88 valence electrons. The van der Waals surface area contributed by atoms with Gasteiger partial charge in [0, 0.05) is 12.1 Å². The summed E-state index contributed by atoms with van der Waals surface area (Å²) in [4.78, 5) is 15.3. The molecule has 1 aliphatic carbocycles. The third-order valence-electron chi connectivity index (χ3n) is 3.34. The van der Waals surface area contributed by atoms with Crippen LogP contribution in [-0.4, -0.2) is 20.5 Å². The highest BCUT2D eigenvalue weighted by molar-refractivity contribution is 6.32. The van der Waals surface area contributed by atoms with Crippen LogP contribution in [0.1, 0.15) is 41.4 Å². The lowest BCUT2D eigenvalue weighted by Crippen LogP contribution is -2.13. The molecule has 0 unspecified atom stereocenters. The Balaban J connectivity index is 2.20. The number of halogens is 1. The molecular formula is C12H11ClN2O2. The first-order valence-electron chi connectivity index (χ1n) is 5.57. The number of carboxylic acids is 1. The monoisotopic (exact) mass is 250 g/mol. The van der Waals surface area contributed by atoms with E-state index < -0.39 is 5.97 Å². The Morgan fingerprint density at radius 3 is 2.82 bits per heavy atom. The Labute approximate surface area is 103 Å². The average Bonchev–Trinajstić information content (AvgIpc) is 2.54. The second-order valence-corrected chi connectivity index (χ2v) is 4.72. The summed E-state index contributed by atoms with van der Waals surface area (Å²) in [7, 11) is 0. The zero-order valence-electron chi connectivity index (χ0n) is 9.06. The molecule has 3 rings (SSSR count). The van der Waals surface area contributed by atoms with Gasteiger partial charge in [-0.1, -0.05) is 18.0 Å². The molecular weight excluding hydrogens is 240 g/mol. The Morgan fingerprint density at radius 2 is 2.24 bits per heavy atom. The van der Waals surface area contributed by atoms with Gasteiger partial charge in [0.15, 0.2) is 5.15 Å². The van der Waals surface area contributed by atoms with Crippen molar-refractivity contribution in [3.8, 4) is 0 Å². The van der Waals surface area contributed by atoms with Gasteiger partial charge in [0.1, 0.15) is 5.82 Å². The molecule has 0 atom stereocenters. The lowest BCUT2D eigenvalue weighted by atomic mass is 9.85. The van der Waals surface area contributed by atoms with E-state index in [9.17, 15) is 4.79 Å². The fourth-order valence-electron chi connectivity index (χ4n) is 2.15. The minimum atomic E-state index is -0.934. The van der Waals surface area contributed by atoms with E-state index in [1.807, 2.05) is 4.40 Å². The Bertz CT molecular complexity index is 602. The van der Waals surface area contributed by atoms with E-state index in [4.69, 9.17) is 16.7 Å². The van der Waals surface area contributed by atoms with Crippen molar-refractivity contribution < 1.29 is 9.90 Å². The van der Waals surface area contributed by atoms with Gasteiger partial charge in [0.25, 0.3) is 0 Å². The van der Waals surface area contributed by atoms with Crippen LogP contribution in [0.15, 0.2) is 18.3 Å². The van der Waals surface area contributed by atoms with E-state index in [-0.39, 0.29) is 5.56 Å². The molecule has 0 amide bonds. The van der Waals surface area contributed by atoms with Crippen molar-refractivity contribution in [1.29, 1.82) is 0 Å². The zero-order chi connectivity index (χ0) is 12.0. The third-order valence-corrected chi connectivity index (χ3v) is 3.61. The second kappa shape index (κ2) is 3.74. The number of carboxylic acid groups (broad SMARTS) is 1. The summed E-state index contributed by atoms with van der Waals surface area (Å²) < 4.78 is 1.82. The molecule has 2 heterocycles. The average molecular weight is 251 g/mol. The summed E-state index contributed by atoms with van der Waals surface area (Å²) in [6.45, 7) is 0. The molecule has 0 spiro atoms. The van der Waals surface area contributed by atoms with Gasteiger partial charge in [0.05, 0.1) is 11.1 Å². The van der Waals surface area contributed by atoms with Crippen molar-refractivity contribution in [2.45, 2.75) is 25.2 Å². The molecule has 1 N–H and O–H groups in total. The smallest absolute Gasteiger partial charge is 0.337 e. The molecule has 17 heavy (non-hydrogen) atoms. The van der Waals surface area contributed by atoms with E-state index in [1.54, 1.807) is 18.3 Å². The number of nitrogens with zero attached hydrogens (tertiary/aromatic N) is 2. The number of aromatic carboxylic acids is 1. The zero-order valence-corrected chi connectivity index (χ0v) is 9.81. The lowest BCUT2D eigenvalue weighted by Gasteiger charge is -2.23. The Morgan fingerprint density at radius 1 is 1.47 bits per heavy atom. The summed E-state index contributed by atoms with van der Waals surface area (Å²) in [5.41, 5.74) is 1.03. The van der Waals surface area contributed by atoms with Crippen LogP contribution in [-0.2, 0) is 0 Å². The van der Waals surface area contributed by atoms with Crippen LogP contribution in [0, 0.1) is 0 Å². The first kappa shape index (κ1) is 10.6. The summed E-state index contributed by atoms with van der Waals surface area (Å²) in [5, 5.41) is 9.43. The second-order valence-electron chi connectivity index (χ2n) is 4.37. The number of pyridine rings is 1. The predicted molar refractivity (Wildman–Crippen MR) is 63.8 cm³/mol. The van der Waals surface area contributed by atoms with E-state index in [2.05, 4.69) is 4.98 Å². The number of rotatable bonds is 2. The van der Waals surface area contributed by atoms with Gasteiger partial charge in [-0.15, -0.1) is 0 Å². The molecule has 0 saturated heterocycles. The summed E-state index contributed by atoms with van der Waals surface area (Å²) >= 11 is 6.06. The maximum atomic E-state index is 10.9. The fourth-order valence-corrected chi connectivity index (χ4v) is 2.39. The minimum absolute atomic E-state index is 0.257. The summed E-state index contributed by atoms with van der Waals surface area (Å²) in [6.07, 6.45) is 5.01. The molecule has 2 aromatic heterocycles. The van der Waals surface area contributed by atoms with Crippen LogP contribution in [0.25, 0.3) is 5.52 Å². The number of fused-ring (bicyclic) bond motifs is 1. The van der Waals surface area contributed by atoms with Gasteiger partial charge in [-0.2, -0.15) is 0 Å². The Hall–Kier alpha value is -1.55. The van der Waals surface area contributed by atoms with Gasteiger partial charge >= 0.3 is 5.97 Å². The van der Waals surface area contributed by atoms with Gasteiger partial charge < -0.3 is 9.51 Å². The molecule has 1 aliphatic rings. The number of hydrogen-bond donors (Lipinski definition) is 1. The van der Waals surface area contributed by atoms with Crippen LogP contribution < -0.4 is 0 Å². The van der Waals surface area contributed by atoms with Crippen molar-refractivity contribution in [3.63, 3.8) is 0 Å². The highest BCUT2D eigenvalue weighted by Gasteiger charge is 2.25. The normalized spacial score (nSPS) is 16.1. The standard InChI is InChI=1S/C12H11ClN2O2/c13-10-9-5-4-8(12(16)17)6-15(9)11(14-10)7-2-1-3-7/h4-7H,1-3H2,(H,16,17). The third kappa shape index (κ3) is 1.60. The van der Waals surface area contributed by atoms with Crippen LogP contribution in [0.2, 0.25) is 5.15 Å². The van der Waals surface area contributed by atoms with Crippen molar-refractivity contribution in [1.82, 2.24) is 9.38 Å². The van der Waals surface area contributed by atoms with Gasteiger partial charge in [-0.05, 0) is 25.0 Å². The number of hydrogen-bond acceptors (Lipinski definition) is 2. The van der Waals surface area contributed by atoms with Crippen LogP contribution in [0.5, 0.6) is 0 Å². The largest absolute Gasteiger partial charge is 0.478 e. The van der Waals surface area contributed by atoms with Gasteiger partial charge in [-0.3, -0.25) is 0 Å². The van der Waals surface area contributed by atoms with Crippen LogP contribution >= 0.6 is 11.6 Å². The number of carbonyl (C=O) groups is 1. The molecule has 1 saturated carbocycles. The molecule has 0 radical (unpaired) electrons. The van der Waals surface area contributed by atoms with Crippen LogP contribution in [0.4, 0.5) is 0 Å². The molecule has 5 heteroatoms. The fraction of sp³-hybridized carbons (Fsp3) is 0.333. The summed E-state index contributed by atoms with van der Waals surface area (Å²) in [5.74, 6) is 0.370. The highest BCUT2D eigenvalue weighted by atomic mass is 35.5. The SMILES string of the molecule is O=C(O)c1ccc2c(Cl)nc(C3CCC3)n2c1. The molecule has 4 nitrogen and oxygen atoms in total. The van der Waals surface area contributed by atoms with Crippen LogP contribution in [0.3, 0.4) is 0 Å². The number of imidazole rings is 1.